The molecular weight excluding hydrogens is 178 g/mol. The second-order valence-electron chi connectivity index (χ2n) is 4.38. The fourth-order valence-corrected chi connectivity index (χ4v) is 3.07. The van der Waals surface area contributed by atoms with Crippen molar-refractivity contribution in [2.24, 2.45) is 0 Å². The summed E-state index contributed by atoms with van der Waals surface area (Å²) in [4.78, 5) is 0. The lowest BCUT2D eigenvalue weighted by Gasteiger charge is -2.51. The summed E-state index contributed by atoms with van der Waals surface area (Å²) < 4.78 is 38.3. The molecule has 5 heteroatoms. The lowest BCUT2D eigenvalue weighted by Crippen LogP contribution is -2.66. The summed E-state index contributed by atoms with van der Waals surface area (Å²) in [5.74, 6) is 0. The molecule has 0 aliphatic carbocycles. The molecule has 2 fully saturated rings. The fourth-order valence-electron chi connectivity index (χ4n) is 3.07. The lowest BCUT2D eigenvalue weighted by molar-refractivity contribution is -0.868. The molecule has 2 rings (SSSR count). The zero-order valence-corrected chi connectivity index (χ0v) is 7.69. The third-order valence-corrected chi connectivity index (χ3v) is 3.78. The number of nitrogens with zero attached hydrogens (tertiary/aromatic N) is 1. The van der Waals surface area contributed by atoms with Gasteiger partial charge in [-0.3, -0.25) is 0 Å². The van der Waals surface area contributed by atoms with Crippen LogP contribution in [0.4, 0.5) is 12.9 Å². The van der Waals surface area contributed by atoms with Gasteiger partial charge in [-0.05, 0) is 25.7 Å². The molecule has 76 valence electrons. The second kappa shape index (κ2) is 2.90. The lowest BCUT2D eigenvalue weighted by atomic mass is 9.88. The molecule has 0 aromatic carbocycles. The highest BCUT2D eigenvalue weighted by Crippen LogP contribution is 2.41. The van der Waals surface area contributed by atoms with E-state index in [1.54, 1.807) is 0 Å². The smallest absolute Gasteiger partial charge is 0.420 e. The van der Waals surface area contributed by atoms with Gasteiger partial charge in [0.2, 0.25) is 0 Å². The Hall–Kier alpha value is -0.185. The zero-order chi connectivity index (χ0) is 9.53. The van der Waals surface area contributed by atoms with Gasteiger partial charge in [0, 0.05) is 19.5 Å². The van der Waals surface area contributed by atoms with Crippen LogP contribution in [0.1, 0.15) is 32.1 Å². The van der Waals surface area contributed by atoms with Crippen LogP contribution in [0, 0.1) is 0 Å². The fraction of sp³-hybridized carbons (Fsp3) is 1.00. The maximum absolute atomic E-state index is 12.9. The number of piperidine rings is 1. The Bertz CT molecular complexity index is 206. The van der Waals surface area contributed by atoms with Crippen molar-refractivity contribution in [3.05, 3.63) is 0 Å². The van der Waals surface area contributed by atoms with Crippen molar-refractivity contribution in [1.29, 1.82) is 0 Å². The largest absolute Gasteiger partial charge is 0.733 e. The van der Waals surface area contributed by atoms with Gasteiger partial charge in [0.1, 0.15) is 0 Å². The highest BCUT2D eigenvalue weighted by molar-refractivity contribution is 6.50. The standard InChI is InChI=1S/C8H15BF3N/c10-9(11,12)13-6-2-1-4-8(13)5-3-7-13/h8H,1-7H2/t8-,13+/m1/s1. The summed E-state index contributed by atoms with van der Waals surface area (Å²) in [5.41, 5.74) is 0. The molecule has 0 aromatic heterocycles. The van der Waals surface area contributed by atoms with Gasteiger partial charge in [0.25, 0.3) is 0 Å². The predicted octanol–water partition coefficient (Wildman–Crippen LogP) is 2.49. The summed E-state index contributed by atoms with van der Waals surface area (Å²) in [5, 5.41) is 0. The van der Waals surface area contributed by atoms with E-state index in [9.17, 15) is 12.9 Å². The first-order valence-electron chi connectivity index (χ1n) is 5.12. The van der Waals surface area contributed by atoms with Gasteiger partial charge < -0.3 is 17.3 Å². The minimum absolute atomic E-state index is 0.0891. The zero-order valence-electron chi connectivity index (χ0n) is 7.69. The number of rotatable bonds is 1. The molecule has 0 aromatic rings. The molecule has 0 radical (unpaired) electrons. The van der Waals surface area contributed by atoms with Crippen LogP contribution < -0.4 is 0 Å². The normalized spacial score (nSPS) is 40.4. The van der Waals surface area contributed by atoms with Gasteiger partial charge in [-0.1, -0.05) is 0 Å². The van der Waals surface area contributed by atoms with Crippen LogP contribution >= 0.6 is 0 Å². The maximum atomic E-state index is 12.9. The van der Waals surface area contributed by atoms with Crippen LogP contribution in [-0.4, -0.2) is 30.6 Å². The van der Waals surface area contributed by atoms with E-state index >= 15 is 0 Å². The highest BCUT2D eigenvalue weighted by Gasteiger charge is 2.58. The third-order valence-electron chi connectivity index (χ3n) is 3.78. The molecular formula is C8H15BF3N. The predicted molar refractivity (Wildman–Crippen MR) is 45.9 cm³/mol. The highest BCUT2D eigenvalue weighted by atomic mass is 19.4. The monoisotopic (exact) mass is 193 g/mol. The van der Waals surface area contributed by atoms with Crippen LogP contribution in [0.25, 0.3) is 0 Å². The van der Waals surface area contributed by atoms with Crippen molar-refractivity contribution in [3.8, 4) is 0 Å². The van der Waals surface area contributed by atoms with E-state index in [1.165, 1.54) is 0 Å². The second-order valence-corrected chi connectivity index (χ2v) is 4.38. The molecule has 2 saturated heterocycles. The molecule has 2 aliphatic heterocycles. The Morgan fingerprint density at radius 1 is 0.923 bits per heavy atom. The Morgan fingerprint density at radius 3 is 2.15 bits per heavy atom. The van der Waals surface area contributed by atoms with Gasteiger partial charge in [0.15, 0.2) is 0 Å². The van der Waals surface area contributed by atoms with E-state index in [4.69, 9.17) is 0 Å². The Kier molecular flexibility index (Phi) is 2.09. The Morgan fingerprint density at radius 2 is 1.54 bits per heavy atom. The van der Waals surface area contributed by atoms with Crippen molar-refractivity contribution < 1.29 is 17.3 Å². The van der Waals surface area contributed by atoms with E-state index in [0.717, 1.165) is 32.1 Å². The number of hydrogen-bond acceptors (Lipinski definition) is 0. The first kappa shape index (κ1) is 9.37. The first-order chi connectivity index (χ1) is 6.06. The summed E-state index contributed by atoms with van der Waals surface area (Å²) in [6.07, 6.45) is 4.11. The molecule has 0 unspecified atom stereocenters. The summed E-state index contributed by atoms with van der Waals surface area (Å²) in [6, 6.07) is -0.0891. The third kappa shape index (κ3) is 1.28. The molecule has 1 nitrogen and oxygen atoms in total. The first-order valence-corrected chi connectivity index (χ1v) is 5.12. The molecule has 0 spiro atoms. The molecule has 0 saturated carbocycles. The molecule has 0 N–H and O–H groups in total. The SMILES string of the molecule is F[B-](F)(F)[N@+]12CCCC[C@@H]1CCC2. The number of fused-ring (bicyclic) bond motifs is 1. The number of hydrogen-bond donors (Lipinski definition) is 0. The number of quaternary nitrogens is 1. The Balaban J connectivity index is 2.26. The number of halogens is 3. The molecule has 2 atom stereocenters. The summed E-state index contributed by atoms with van der Waals surface area (Å²) in [7, 11) is -4.67. The topological polar surface area (TPSA) is 0 Å². The van der Waals surface area contributed by atoms with Crippen molar-refractivity contribution >= 4 is 7.11 Å². The van der Waals surface area contributed by atoms with Gasteiger partial charge in [-0.25, -0.2) is 0 Å². The van der Waals surface area contributed by atoms with Crippen molar-refractivity contribution in [2.75, 3.05) is 13.1 Å². The van der Waals surface area contributed by atoms with E-state index in [0.29, 0.717) is 13.1 Å². The van der Waals surface area contributed by atoms with Gasteiger partial charge in [0.05, 0.1) is 6.04 Å². The minimum atomic E-state index is -4.67. The van der Waals surface area contributed by atoms with Crippen LogP contribution in [-0.2, 0) is 0 Å². The van der Waals surface area contributed by atoms with Crippen molar-refractivity contribution in [1.82, 2.24) is 0 Å². The van der Waals surface area contributed by atoms with Crippen molar-refractivity contribution in [3.63, 3.8) is 0 Å². The molecule has 2 aliphatic rings. The van der Waals surface area contributed by atoms with Crippen LogP contribution in [0.5, 0.6) is 0 Å². The van der Waals surface area contributed by atoms with Gasteiger partial charge in [-0.15, -0.1) is 0 Å². The Labute approximate surface area is 76.6 Å². The quantitative estimate of drug-likeness (QED) is 0.561. The average Bonchev–Trinajstić information content (AvgIpc) is 2.46. The minimum Gasteiger partial charge on any atom is -0.420 e. The molecule has 0 amide bonds. The molecule has 0 bridgehead atoms. The van der Waals surface area contributed by atoms with Crippen LogP contribution in [0.15, 0.2) is 0 Å². The van der Waals surface area contributed by atoms with Gasteiger partial charge in [-0.2, -0.15) is 0 Å². The van der Waals surface area contributed by atoms with Crippen LogP contribution in [0.2, 0.25) is 0 Å². The van der Waals surface area contributed by atoms with Gasteiger partial charge >= 0.3 is 7.11 Å². The van der Waals surface area contributed by atoms with E-state index < -0.39 is 11.5 Å². The average molecular weight is 193 g/mol. The molecule has 13 heavy (non-hydrogen) atoms. The van der Waals surface area contributed by atoms with Crippen molar-refractivity contribution in [2.45, 2.75) is 38.1 Å². The maximum Gasteiger partial charge on any atom is 0.733 e. The van der Waals surface area contributed by atoms with E-state index in [2.05, 4.69) is 0 Å². The summed E-state index contributed by atoms with van der Waals surface area (Å²) >= 11 is 0. The van der Waals surface area contributed by atoms with Crippen LogP contribution in [0.3, 0.4) is 0 Å². The molecule has 2 heterocycles. The summed E-state index contributed by atoms with van der Waals surface area (Å²) in [6.45, 7) is 0.711. The van der Waals surface area contributed by atoms with E-state index in [1.807, 2.05) is 0 Å². The van der Waals surface area contributed by atoms with E-state index in [-0.39, 0.29) is 6.04 Å².